The Balaban J connectivity index is 0.000000200. The smallest absolute Gasteiger partial charge is 0.416 e. The molecule has 0 bridgehead atoms. The molecule has 1 saturated carbocycles. The highest BCUT2D eigenvalue weighted by Crippen LogP contribution is 2.51. The molecule has 0 amide bonds. The average Bonchev–Trinajstić information content (AvgIpc) is 3.93. The number of fused-ring (bicyclic) bond motifs is 1. The predicted molar refractivity (Wildman–Crippen MR) is 272 cm³/mol. The van der Waals surface area contributed by atoms with Gasteiger partial charge in [-0.3, -0.25) is 14.0 Å². The van der Waals surface area contributed by atoms with Crippen molar-refractivity contribution in [3.05, 3.63) is 150 Å². The number of aromatic nitrogens is 5. The lowest BCUT2D eigenvalue weighted by Crippen LogP contribution is -2.49. The van der Waals surface area contributed by atoms with Crippen LogP contribution < -0.4 is 10.3 Å². The Labute approximate surface area is 424 Å². The Kier molecular flexibility index (Phi) is 19.9. The Morgan fingerprint density at radius 1 is 0.986 bits per heavy atom. The highest BCUT2D eigenvalue weighted by molar-refractivity contribution is 14.1. The summed E-state index contributed by atoms with van der Waals surface area (Å²) in [5, 5.41) is 24.6. The summed E-state index contributed by atoms with van der Waals surface area (Å²) in [7, 11) is 2.51. The zero-order valence-corrected chi connectivity index (χ0v) is 43.1. The number of halogens is 5. The molecule has 70 heavy (non-hydrogen) atoms. The normalized spacial score (nSPS) is 16.7. The van der Waals surface area contributed by atoms with Crippen LogP contribution in [0.25, 0.3) is 10.9 Å². The van der Waals surface area contributed by atoms with Crippen molar-refractivity contribution in [3.8, 4) is 6.01 Å². The molecule has 2 atom stereocenters. The van der Waals surface area contributed by atoms with E-state index in [1.165, 1.54) is 45.2 Å². The van der Waals surface area contributed by atoms with E-state index in [0.29, 0.717) is 47.7 Å². The zero-order valence-electron chi connectivity index (χ0n) is 40.2. The summed E-state index contributed by atoms with van der Waals surface area (Å²) in [5.41, 5.74) is 1.68. The molecule has 0 saturated heterocycles. The molecule has 0 spiro atoms. The molecule has 1 fully saturated rings. The minimum Gasteiger partial charge on any atom is -0.465 e. The van der Waals surface area contributed by atoms with E-state index in [-0.39, 0.29) is 40.5 Å². The van der Waals surface area contributed by atoms with Crippen LogP contribution in [0.1, 0.15) is 88.1 Å². The van der Waals surface area contributed by atoms with E-state index in [4.69, 9.17) is 30.7 Å². The van der Waals surface area contributed by atoms with Crippen molar-refractivity contribution in [2.45, 2.75) is 98.2 Å². The van der Waals surface area contributed by atoms with Gasteiger partial charge in [-0.2, -0.15) is 23.3 Å². The number of hydrogen-bond acceptors (Lipinski definition) is 12. The Bertz CT molecular complexity index is 2790. The van der Waals surface area contributed by atoms with Crippen LogP contribution in [0.2, 0.25) is 5.02 Å². The number of carbonyl (C=O) groups excluding carboxylic acids is 1. The molecule has 1 N–H and O–H groups in total. The monoisotopic (exact) mass is 1100 g/mol. The largest absolute Gasteiger partial charge is 0.465 e. The topological polar surface area (TPSA) is 165 Å². The molecule has 4 aromatic carbocycles. The molecular formula is C51H58ClF3IN7O7. The summed E-state index contributed by atoms with van der Waals surface area (Å²) in [6.07, 6.45) is 3.39. The number of nitrogens with zero attached hydrogens (tertiary/aromatic N) is 7. The van der Waals surface area contributed by atoms with Gasteiger partial charge in [-0.25, -0.2) is 9.78 Å². The Morgan fingerprint density at radius 2 is 1.73 bits per heavy atom. The summed E-state index contributed by atoms with van der Waals surface area (Å²) in [4.78, 5) is 42.9. The second-order valence-electron chi connectivity index (χ2n) is 17.1. The molecule has 1 aliphatic rings. The molecule has 14 nitrogen and oxygen atoms in total. The van der Waals surface area contributed by atoms with Crippen molar-refractivity contribution in [1.82, 2.24) is 24.3 Å². The van der Waals surface area contributed by atoms with E-state index in [1.54, 1.807) is 39.8 Å². The van der Waals surface area contributed by atoms with Gasteiger partial charge in [-0.15, -0.1) is 0 Å². The van der Waals surface area contributed by atoms with E-state index in [1.807, 2.05) is 56.3 Å². The van der Waals surface area contributed by atoms with Gasteiger partial charge in [0.15, 0.2) is 5.71 Å². The van der Waals surface area contributed by atoms with Gasteiger partial charge in [0.05, 0.1) is 48.0 Å². The summed E-state index contributed by atoms with van der Waals surface area (Å²) in [5.74, 6) is -0.490. The lowest BCUT2D eigenvalue weighted by molar-refractivity contribution is -0.137. The van der Waals surface area contributed by atoms with Crippen LogP contribution in [-0.2, 0) is 51.5 Å². The van der Waals surface area contributed by atoms with Gasteiger partial charge in [-0.1, -0.05) is 98.1 Å². The molecule has 7 rings (SSSR count). The maximum Gasteiger partial charge on any atom is 0.416 e. The number of carbonyl (C=O) groups is 1. The van der Waals surface area contributed by atoms with Crippen molar-refractivity contribution < 1.29 is 42.2 Å². The molecule has 2 unspecified atom stereocenters. The minimum absolute atomic E-state index is 0.0172. The van der Waals surface area contributed by atoms with Crippen molar-refractivity contribution in [2.24, 2.45) is 21.6 Å². The molecule has 2 heterocycles. The third kappa shape index (κ3) is 14.4. The fourth-order valence-corrected chi connectivity index (χ4v) is 8.57. The molecule has 6 aromatic rings. The SMILES string of the molecule is CC1(C)CCC(Cc2ccc(Cl)cc2)C1(O)Cn1cncn1.CCCOc1nc2ccc(I)cc2c(=O)n1CCC.CO/N=C(/C(=O)OC)c1ccccc1CO/N=C(\C)c1cccc(C(F)(F)F)c1. The highest BCUT2D eigenvalue weighted by Gasteiger charge is 2.54. The highest BCUT2D eigenvalue weighted by atomic mass is 127. The van der Waals surface area contributed by atoms with Crippen LogP contribution in [0.15, 0.2) is 119 Å². The summed E-state index contributed by atoms with van der Waals surface area (Å²) >= 11 is 8.16. The van der Waals surface area contributed by atoms with Gasteiger partial charge < -0.3 is 24.3 Å². The number of esters is 1. The van der Waals surface area contributed by atoms with Crippen LogP contribution in [0.5, 0.6) is 6.01 Å². The standard InChI is InChI=1S/C20H19F3N2O4.C17H22ClN3O.C14H17IN2O2/c1-13(14-8-6-9-16(11-14)20(21,22)23)24-29-12-15-7-4-5-10-17(15)18(25-28-3)19(26)27-2;1-16(2)8-7-14(9-13-3-5-15(18)6-4-13)17(16,22)10-21-12-19-11-20-21;1-3-7-17-13(18)11-9-10(15)5-6-12(11)16-14(17)19-8-4-2/h4-11H,12H2,1-3H3;3-6,11-12,14,22H,7-10H2,1-2H3;5-6,9H,3-4,7-8H2,1-2H3/b24-13+,25-18+;;. The van der Waals surface area contributed by atoms with Crippen molar-refractivity contribution >= 4 is 62.5 Å². The van der Waals surface area contributed by atoms with Gasteiger partial charge in [0.2, 0.25) is 0 Å². The second-order valence-corrected chi connectivity index (χ2v) is 18.8. The zero-order chi connectivity index (χ0) is 51.1. The van der Waals surface area contributed by atoms with E-state index in [2.05, 4.69) is 61.8 Å². The average molecular weight is 1100 g/mol. The van der Waals surface area contributed by atoms with E-state index in [0.717, 1.165) is 52.8 Å². The third-order valence-electron chi connectivity index (χ3n) is 11.9. The van der Waals surface area contributed by atoms with Gasteiger partial charge in [-0.05, 0) is 127 Å². The van der Waals surface area contributed by atoms with Gasteiger partial charge in [0.25, 0.3) is 11.6 Å². The third-order valence-corrected chi connectivity index (χ3v) is 12.8. The van der Waals surface area contributed by atoms with Gasteiger partial charge in [0.1, 0.15) is 26.4 Å². The number of ether oxygens (including phenoxy) is 2. The van der Waals surface area contributed by atoms with E-state index < -0.39 is 23.3 Å². The van der Waals surface area contributed by atoms with Crippen LogP contribution >= 0.6 is 34.2 Å². The quantitative estimate of drug-likeness (QED) is 0.0427. The number of alkyl halides is 3. The maximum atomic E-state index is 12.9. The molecule has 1 aliphatic carbocycles. The van der Waals surface area contributed by atoms with Crippen LogP contribution in [-0.4, -0.2) is 73.2 Å². The summed E-state index contributed by atoms with van der Waals surface area (Å²) in [6.45, 7) is 11.5. The molecule has 0 aliphatic heterocycles. The first-order chi connectivity index (χ1) is 33.3. The van der Waals surface area contributed by atoms with Crippen LogP contribution in [0.3, 0.4) is 0 Å². The molecule has 374 valence electrons. The van der Waals surface area contributed by atoms with Gasteiger partial charge >= 0.3 is 12.1 Å². The number of aliphatic hydroxyl groups is 1. The number of benzene rings is 4. The minimum atomic E-state index is -4.44. The van der Waals surface area contributed by atoms with Crippen molar-refractivity contribution in [3.63, 3.8) is 0 Å². The van der Waals surface area contributed by atoms with Crippen molar-refractivity contribution in [2.75, 3.05) is 20.8 Å². The fourth-order valence-electron chi connectivity index (χ4n) is 7.95. The van der Waals surface area contributed by atoms with E-state index in [9.17, 15) is 27.9 Å². The molecule has 19 heteroatoms. The maximum absolute atomic E-state index is 12.9. The lowest BCUT2D eigenvalue weighted by Gasteiger charge is -2.40. The summed E-state index contributed by atoms with van der Waals surface area (Å²) in [6, 6.07) is 25.6. The number of oxime groups is 2. The van der Waals surface area contributed by atoms with Crippen LogP contribution in [0.4, 0.5) is 13.2 Å². The Hall–Kier alpha value is -5.86. The molecular weight excluding hydrogens is 1040 g/mol. The predicted octanol–water partition coefficient (Wildman–Crippen LogP) is 10.7. The lowest BCUT2D eigenvalue weighted by atomic mass is 9.72. The number of methoxy groups -OCH3 is 1. The first-order valence-electron chi connectivity index (χ1n) is 22.6. The number of rotatable bonds is 16. The summed E-state index contributed by atoms with van der Waals surface area (Å²) < 4.78 is 53.3. The molecule has 0 radical (unpaired) electrons. The Morgan fingerprint density at radius 3 is 2.39 bits per heavy atom. The number of hydrogen-bond donors (Lipinski definition) is 1. The first-order valence-corrected chi connectivity index (χ1v) is 24.0. The van der Waals surface area contributed by atoms with E-state index >= 15 is 0 Å². The van der Waals surface area contributed by atoms with Gasteiger partial charge in [0, 0.05) is 26.3 Å². The first kappa shape index (κ1) is 55.1. The molecule has 2 aromatic heterocycles. The second kappa shape index (κ2) is 25.3. The van der Waals surface area contributed by atoms with Crippen LogP contribution in [0, 0.1) is 14.9 Å². The van der Waals surface area contributed by atoms with Crippen molar-refractivity contribution in [1.29, 1.82) is 0 Å². The fraction of sp³-hybridized carbons (Fsp3) is 0.392.